The smallest absolute Gasteiger partial charge is 0.127 e. The van der Waals surface area contributed by atoms with Crippen LogP contribution in [0.15, 0.2) is 42.5 Å². The zero-order valence-corrected chi connectivity index (χ0v) is 12.4. The minimum absolute atomic E-state index is 0.299. The Morgan fingerprint density at radius 3 is 2.86 bits per heavy atom. The van der Waals surface area contributed by atoms with E-state index in [9.17, 15) is 9.50 Å². The van der Waals surface area contributed by atoms with E-state index >= 15 is 0 Å². The van der Waals surface area contributed by atoms with Gasteiger partial charge >= 0.3 is 0 Å². The van der Waals surface area contributed by atoms with E-state index in [1.54, 1.807) is 19.2 Å². The molecule has 0 saturated heterocycles. The third-order valence-corrected chi connectivity index (χ3v) is 3.37. The van der Waals surface area contributed by atoms with E-state index in [1.807, 2.05) is 18.2 Å². The second kappa shape index (κ2) is 7.41. The van der Waals surface area contributed by atoms with E-state index in [0.717, 1.165) is 5.56 Å². The summed E-state index contributed by atoms with van der Waals surface area (Å²) >= 11 is 5.83. The lowest BCUT2D eigenvalue weighted by molar-refractivity contribution is 0.174. The van der Waals surface area contributed by atoms with Gasteiger partial charge in [-0.3, -0.25) is 0 Å². The molecule has 0 heterocycles. The van der Waals surface area contributed by atoms with Crippen molar-refractivity contribution in [3.63, 3.8) is 0 Å². The summed E-state index contributed by atoms with van der Waals surface area (Å²) in [5.41, 5.74) is 1.22. The number of halogens is 2. The number of hydrogen-bond acceptors (Lipinski definition) is 3. The molecule has 0 aliphatic rings. The normalized spacial score (nSPS) is 12.2. The summed E-state index contributed by atoms with van der Waals surface area (Å²) in [4.78, 5) is 0. The molecule has 0 aliphatic carbocycles. The van der Waals surface area contributed by atoms with E-state index in [0.29, 0.717) is 29.4 Å². The molecule has 1 atom stereocenters. The van der Waals surface area contributed by atoms with E-state index in [2.05, 4.69) is 5.32 Å². The van der Waals surface area contributed by atoms with Gasteiger partial charge in [-0.25, -0.2) is 4.39 Å². The molecule has 0 aliphatic heterocycles. The lowest BCUT2D eigenvalue weighted by Crippen LogP contribution is -2.21. The number of rotatable bonds is 6. The van der Waals surface area contributed by atoms with Gasteiger partial charge in [-0.1, -0.05) is 23.7 Å². The second-order valence-corrected chi connectivity index (χ2v) is 5.10. The zero-order valence-electron chi connectivity index (χ0n) is 11.6. The first kappa shape index (κ1) is 15.8. The van der Waals surface area contributed by atoms with Crippen LogP contribution in [-0.4, -0.2) is 18.8 Å². The van der Waals surface area contributed by atoms with Crippen molar-refractivity contribution in [1.29, 1.82) is 0 Å². The van der Waals surface area contributed by atoms with Gasteiger partial charge in [-0.15, -0.1) is 0 Å². The number of aliphatic hydroxyl groups is 1. The maximum atomic E-state index is 13.5. The van der Waals surface area contributed by atoms with Crippen LogP contribution in [0.4, 0.5) is 4.39 Å². The first-order valence-electron chi connectivity index (χ1n) is 6.57. The standard InChI is InChI=1S/C16H17ClFNO2/c1-21-14-4-2-3-11(8-14)16(20)10-19-9-12-7-13(17)5-6-15(12)18/h2-8,16,19-20H,9-10H2,1H3. The van der Waals surface area contributed by atoms with Crippen LogP contribution in [0.5, 0.6) is 5.75 Å². The van der Waals surface area contributed by atoms with Gasteiger partial charge in [0.2, 0.25) is 0 Å². The predicted molar refractivity (Wildman–Crippen MR) is 81.1 cm³/mol. The van der Waals surface area contributed by atoms with Crippen molar-refractivity contribution in [3.05, 3.63) is 64.4 Å². The summed E-state index contributed by atoms with van der Waals surface area (Å²) in [5.74, 6) is 0.371. The molecule has 0 saturated carbocycles. The van der Waals surface area contributed by atoms with Gasteiger partial charge in [-0.2, -0.15) is 0 Å². The molecule has 0 bridgehead atoms. The van der Waals surface area contributed by atoms with Crippen molar-refractivity contribution in [3.8, 4) is 5.75 Å². The van der Waals surface area contributed by atoms with Crippen LogP contribution in [-0.2, 0) is 6.54 Å². The SMILES string of the molecule is COc1cccc(C(O)CNCc2cc(Cl)ccc2F)c1. The van der Waals surface area contributed by atoms with Crippen LogP contribution < -0.4 is 10.1 Å². The molecule has 2 rings (SSSR count). The topological polar surface area (TPSA) is 41.5 Å². The van der Waals surface area contributed by atoms with Crippen molar-refractivity contribution in [2.45, 2.75) is 12.6 Å². The predicted octanol–water partition coefficient (Wildman–Crippen LogP) is 3.31. The highest BCUT2D eigenvalue weighted by molar-refractivity contribution is 6.30. The van der Waals surface area contributed by atoms with Crippen molar-refractivity contribution in [2.75, 3.05) is 13.7 Å². The van der Waals surface area contributed by atoms with Gasteiger partial charge in [0.05, 0.1) is 13.2 Å². The van der Waals surface area contributed by atoms with Crippen molar-refractivity contribution in [2.24, 2.45) is 0 Å². The summed E-state index contributed by atoms with van der Waals surface area (Å²) in [5, 5.41) is 13.6. The minimum Gasteiger partial charge on any atom is -0.497 e. The lowest BCUT2D eigenvalue weighted by Gasteiger charge is -2.13. The average Bonchev–Trinajstić information content (AvgIpc) is 2.50. The fraction of sp³-hybridized carbons (Fsp3) is 0.250. The first-order chi connectivity index (χ1) is 10.1. The van der Waals surface area contributed by atoms with E-state index in [4.69, 9.17) is 16.3 Å². The highest BCUT2D eigenvalue weighted by atomic mass is 35.5. The Kier molecular flexibility index (Phi) is 5.56. The third-order valence-electron chi connectivity index (χ3n) is 3.14. The molecule has 2 aromatic rings. The molecule has 0 spiro atoms. The van der Waals surface area contributed by atoms with Gasteiger partial charge < -0.3 is 15.2 Å². The number of hydrogen-bond donors (Lipinski definition) is 2. The Morgan fingerprint density at radius 2 is 2.10 bits per heavy atom. The van der Waals surface area contributed by atoms with Crippen LogP contribution in [0, 0.1) is 5.82 Å². The molecule has 3 nitrogen and oxygen atoms in total. The lowest BCUT2D eigenvalue weighted by atomic mass is 10.1. The second-order valence-electron chi connectivity index (χ2n) is 4.66. The summed E-state index contributed by atoms with van der Waals surface area (Å²) in [6.07, 6.45) is -0.692. The molecule has 1 unspecified atom stereocenters. The molecule has 2 aromatic carbocycles. The largest absolute Gasteiger partial charge is 0.497 e. The van der Waals surface area contributed by atoms with Crippen molar-refractivity contribution >= 4 is 11.6 Å². The van der Waals surface area contributed by atoms with Gasteiger partial charge in [-0.05, 0) is 35.9 Å². The fourth-order valence-electron chi connectivity index (χ4n) is 1.99. The summed E-state index contributed by atoms with van der Waals surface area (Å²) < 4.78 is 18.6. The van der Waals surface area contributed by atoms with Gasteiger partial charge in [0.25, 0.3) is 0 Å². The van der Waals surface area contributed by atoms with Gasteiger partial charge in [0.1, 0.15) is 11.6 Å². The van der Waals surface area contributed by atoms with Crippen LogP contribution in [0.1, 0.15) is 17.2 Å². The molecule has 5 heteroatoms. The Morgan fingerprint density at radius 1 is 1.29 bits per heavy atom. The van der Waals surface area contributed by atoms with Crippen LogP contribution >= 0.6 is 11.6 Å². The molecule has 112 valence electrons. The molecular formula is C16H17ClFNO2. The highest BCUT2D eigenvalue weighted by Gasteiger charge is 2.09. The van der Waals surface area contributed by atoms with Crippen molar-refractivity contribution < 1.29 is 14.2 Å². The molecule has 2 N–H and O–H groups in total. The number of nitrogens with one attached hydrogen (secondary N) is 1. The monoisotopic (exact) mass is 309 g/mol. The number of aliphatic hydroxyl groups excluding tert-OH is 1. The minimum atomic E-state index is -0.692. The van der Waals surface area contributed by atoms with E-state index in [1.165, 1.54) is 12.1 Å². The Bertz CT molecular complexity index is 607. The molecule has 21 heavy (non-hydrogen) atoms. The van der Waals surface area contributed by atoms with E-state index < -0.39 is 6.10 Å². The maximum Gasteiger partial charge on any atom is 0.127 e. The van der Waals surface area contributed by atoms with Gasteiger partial charge in [0.15, 0.2) is 0 Å². The fourth-order valence-corrected chi connectivity index (χ4v) is 2.18. The average molecular weight is 310 g/mol. The number of ether oxygens (including phenoxy) is 1. The zero-order chi connectivity index (χ0) is 15.2. The van der Waals surface area contributed by atoms with Crippen molar-refractivity contribution in [1.82, 2.24) is 5.32 Å². The summed E-state index contributed by atoms with van der Waals surface area (Å²) in [7, 11) is 1.58. The first-order valence-corrected chi connectivity index (χ1v) is 6.94. The van der Waals surface area contributed by atoms with Crippen LogP contribution in [0.3, 0.4) is 0 Å². The van der Waals surface area contributed by atoms with E-state index in [-0.39, 0.29) is 5.82 Å². The molecule has 0 radical (unpaired) electrons. The summed E-state index contributed by atoms with van der Waals surface area (Å²) in [6.45, 7) is 0.604. The molecule has 0 amide bonds. The van der Waals surface area contributed by atoms with Crippen LogP contribution in [0.2, 0.25) is 5.02 Å². The van der Waals surface area contributed by atoms with Crippen LogP contribution in [0.25, 0.3) is 0 Å². The Hall–Kier alpha value is -1.62. The maximum absolute atomic E-state index is 13.5. The quantitative estimate of drug-likeness (QED) is 0.860. The Balaban J connectivity index is 1.91. The number of methoxy groups -OCH3 is 1. The molecule has 0 fully saturated rings. The Labute approximate surface area is 128 Å². The summed E-state index contributed by atoms with van der Waals surface area (Å²) in [6, 6.07) is 11.6. The number of benzene rings is 2. The third kappa shape index (κ3) is 4.43. The molecular weight excluding hydrogens is 293 g/mol. The highest BCUT2D eigenvalue weighted by Crippen LogP contribution is 2.19. The van der Waals surface area contributed by atoms with Gasteiger partial charge in [0, 0.05) is 23.7 Å². The molecule has 0 aromatic heterocycles.